The van der Waals surface area contributed by atoms with E-state index in [1.54, 1.807) is 30.3 Å². The van der Waals surface area contributed by atoms with Crippen LogP contribution in [0.4, 0.5) is 10.1 Å². The minimum Gasteiger partial charge on any atom is -0.457 e. The number of amides is 1. The number of carbonyl (C=O) groups is 1. The lowest BCUT2D eigenvalue weighted by Gasteiger charge is -1.99. The van der Waals surface area contributed by atoms with Crippen LogP contribution in [0.15, 0.2) is 59.0 Å². The van der Waals surface area contributed by atoms with Crippen molar-refractivity contribution in [1.29, 1.82) is 0 Å². The van der Waals surface area contributed by atoms with Crippen molar-refractivity contribution in [3.63, 3.8) is 0 Å². The maximum absolute atomic E-state index is 13.5. The summed E-state index contributed by atoms with van der Waals surface area (Å²) in [6.07, 6.45) is 1.60. The van der Waals surface area contributed by atoms with Gasteiger partial charge in [0, 0.05) is 16.8 Å². The third-order valence-electron chi connectivity index (χ3n) is 3.82. The van der Waals surface area contributed by atoms with Gasteiger partial charge >= 0.3 is 0 Å². The fraction of sp³-hybridized carbons (Fsp3) is 0. The second-order valence-corrected chi connectivity index (χ2v) is 5.79. The molecule has 4 rings (SSSR count). The predicted molar refractivity (Wildman–Crippen MR) is 92.1 cm³/mol. The van der Waals surface area contributed by atoms with Crippen LogP contribution in [-0.4, -0.2) is 5.91 Å². The molecule has 0 bridgehead atoms. The largest absolute Gasteiger partial charge is 0.457 e. The van der Waals surface area contributed by atoms with E-state index in [2.05, 4.69) is 5.32 Å². The van der Waals surface area contributed by atoms with Gasteiger partial charge in [-0.05, 0) is 48.5 Å². The first-order chi connectivity index (χ1) is 11.6. The van der Waals surface area contributed by atoms with Gasteiger partial charge in [-0.2, -0.15) is 0 Å². The van der Waals surface area contributed by atoms with Crippen molar-refractivity contribution in [3.05, 3.63) is 76.8 Å². The normalized spacial score (nSPS) is 14.8. The summed E-state index contributed by atoms with van der Waals surface area (Å²) in [5.41, 5.74) is 2.25. The van der Waals surface area contributed by atoms with E-state index in [0.29, 0.717) is 33.4 Å². The topological polar surface area (TPSA) is 42.2 Å². The van der Waals surface area contributed by atoms with Gasteiger partial charge in [0.1, 0.15) is 17.3 Å². The maximum Gasteiger partial charge on any atom is 0.256 e. The highest BCUT2D eigenvalue weighted by molar-refractivity contribution is 6.35. The Hall–Kier alpha value is -2.85. The van der Waals surface area contributed by atoms with E-state index in [1.807, 2.05) is 18.2 Å². The molecule has 0 saturated heterocycles. The molecule has 1 N–H and O–H groups in total. The molecule has 1 aliphatic heterocycles. The van der Waals surface area contributed by atoms with Gasteiger partial charge in [0.15, 0.2) is 0 Å². The van der Waals surface area contributed by atoms with Gasteiger partial charge in [0.25, 0.3) is 5.91 Å². The molecule has 5 heteroatoms. The summed E-state index contributed by atoms with van der Waals surface area (Å²) < 4.78 is 19.2. The third-order valence-corrected chi connectivity index (χ3v) is 4.15. The van der Waals surface area contributed by atoms with Gasteiger partial charge < -0.3 is 9.73 Å². The molecule has 2 aromatic carbocycles. The molecule has 0 radical (unpaired) electrons. The first-order valence-corrected chi connectivity index (χ1v) is 7.67. The summed E-state index contributed by atoms with van der Waals surface area (Å²) >= 11 is 6.16. The first kappa shape index (κ1) is 14.7. The number of rotatable bonds is 2. The lowest BCUT2D eigenvalue weighted by Crippen LogP contribution is -2.03. The van der Waals surface area contributed by atoms with Crippen molar-refractivity contribution in [1.82, 2.24) is 0 Å². The van der Waals surface area contributed by atoms with Crippen LogP contribution in [0.25, 0.3) is 23.0 Å². The van der Waals surface area contributed by atoms with Crippen molar-refractivity contribution in [2.24, 2.45) is 0 Å². The molecule has 1 aliphatic rings. The van der Waals surface area contributed by atoms with E-state index in [-0.39, 0.29) is 5.91 Å². The van der Waals surface area contributed by atoms with Crippen molar-refractivity contribution in [2.75, 3.05) is 5.32 Å². The van der Waals surface area contributed by atoms with E-state index >= 15 is 0 Å². The fourth-order valence-electron chi connectivity index (χ4n) is 2.68. The zero-order chi connectivity index (χ0) is 16.7. The van der Waals surface area contributed by atoms with Gasteiger partial charge in [-0.15, -0.1) is 0 Å². The number of nitrogens with one attached hydrogen (secondary N) is 1. The lowest BCUT2D eigenvalue weighted by molar-refractivity contribution is -0.110. The Balaban J connectivity index is 1.74. The number of fused-ring (bicyclic) bond motifs is 1. The zero-order valence-corrected chi connectivity index (χ0v) is 13.1. The van der Waals surface area contributed by atoms with Gasteiger partial charge in [0.2, 0.25) is 0 Å². The number of hydrogen-bond donors (Lipinski definition) is 1. The average molecular weight is 340 g/mol. The van der Waals surface area contributed by atoms with Crippen LogP contribution in [0.3, 0.4) is 0 Å². The molecule has 3 nitrogen and oxygen atoms in total. The quantitative estimate of drug-likeness (QED) is 0.649. The van der Waals surface area contributed by atoms with Gasteiger partial charge in [0.05, 0.1) is 10.6 Å². The van der Waals surface area contributed by atoms with Crippen molar-refractivity contribution in [2.45, 2.75) is 0 Å². The van der Waals surface area contributed by atoms with Crippen LogP contribution in [0.1, 0.15) is 11.3 Å². The molecule has 2 heterocycles. The minimum atomic E-state index is -0.396. The molecule has 0 saturated carbocycles. The molecule has 1 aromatic heterocycles. The molecule has 0 fully saturated rings. The minimum absolute atomic E-state index is 0.286. The highest BCUT2D eigenvalue weighted by atomic mass is 35.5. The van der Waals surface area contributed by atoms with E-state index < -0.39 is 5.82 Å². The van der Waals surface area contributed by atoms with Crippen LogP contribution in [-0.2, 0) is 4.79 Å². The van der Waals surface area contributed by atoms with E-state index in [0.717, 1.165) is 5.56 Å². The molecule has 0 atom stereocenters. The highest BCUT2D eigenvalue weighted by Crippen LogP contribution is 2.35. The monoisotopic (exact) mass is 339 g/mol. The average Bonchev–Trinajstić information content (AvgIpc) is 3.14. The van der Waals surface area contributed by atoms with Crippen LogP contribution in [0, 0.1) is 5.82 Å². The molecule has 0 unspecified atom stereocenters. The SMILES string of the molecule is O=C1Nc2ccc(F)cc2/C1=C\c1ccc(-c2ccccc2Cl)o1. The molecular formula is C19H11ClFNO2. The summed E-state index contributed by atoms with van der Waals surface area (Å²) in [7, 11) is 0. The first-order valence-electron chi connectivity index (χ1n) is 7.29. The molecule has 1 amide bonds. The van der Waals surface area contributed by atoms with E-state index in [1.165, 1.54) is 12.1 Å². The van der Waals surface area contributed by atoms with E-state index in [9.17, 15) is 9.18 Å². The Morgan fingerprint density at radius 3 is 2.71 bits per heavy atom. The Labute approximate surface area is 142 Å². The molecule has 118 valence electrons. The van der Waals surface area contributed by atoms with Gasteiger partial charge in [-0.1, -0.05) is 23.7 Å². The Morgan fingerprint density at radius 1 is 1.04 bits per heavy atom. The van der Waals surface area contributed by atoms with Gasteiger partial charge in [-0.25, -0.2) is 4.39 Å². The summed E-state index contributed by atoms with van der Waals surface area (Å²) in [6.45, 7) is 0. The zero-order valence-electron chi connectivity index (χ0n) is 12.3. The number of carbonyl (C=O) groups excluding carboxylic acids is 1. The lowest BCUT2D eigenvalue weighted by atomic mass is 10.1. The maximum atomic E-state index is 13.5. The number of furan rings is 1. The second kappa shape index (κ2) is 5.65. The second-order valence-electron chi connectivity index (χ2n) is 5.38. The number of hydrogen-bond acceptors (Lipinski definition) is 2. The van der Waals surface area contributed by atoms with Crippen LogP contribution in [0.5, 0.6) is 0 Å². The van der Waals surface area contributed by atoms with Crippen LogP contribution in [0.2, 0.25) is 5.02 Å². The standard InChI is InChI=1S/C19H11ClFNO2/c20-16-4-2-1-3-13(16)18-8-6-12(24-18)10-15-14-9-11(21)5-7-17(14)22-19(15)23/h1-10H,(H,22,23)/b15-10+. The number of benzene rings is 2. The van der Waals surface area contributed by atoms with Crippen LogP contribution < -0.4 is 5.32 Å². The Bertz CT molecular complexity index is 991. The molecule has 0 aliphatic carbocycles. The smallest absolute Gasteiger partial charge is 0.256 e. The van der Waals surface area contributed by atoms with Crippen molar-refractivity contribution >= 4 is 34.8 Å². The molecular weight excluding hydrogens is 329 g/mol. The van der Waals surface area contributed by atoms with Crippen molar-refractivity contribution in [3.8, 4) is 11.3 Å². The summed E-state index contributed by atoms with van der Waals surface area (Å²) in [4.78, 5) is 12.1. The fourth-order valence-corrected chi connectivity index (χ4v) is 2.91. The molecule has 3 aromatic rings. The predicted octanol–water partition coefficient (Wildman–Crippen LogP) is 5.23. The Kier molecular flexibility index (Phi) is 3.47. The number of anilines is 1. The summed E-state index contributed by atoms with van der Waals surface area (Å²) in [5.74, 6) is 0.413. The van der Waals surface area contributed by atoms with E-state index in [4.69, 9.17) is 16.0 Å². The number of halogens is 2. The Morgan fingerprint density at radius 2 is 1.88 bits per heavy atom. The summed E-state index contributed by atoms with van der Waals surface area (Å²) in [6, 6.07) is 15.1. The van der Waals surface area contributed by atoms with Crippen LogP contribution >= 0.6 is 11.6 Å². The summed E-state index contributed by atoms with van der Waals surface area (Å²) in [5, 5.41) is 3.29. The molecule has 24 heavy (non-hydrogen) atoms. The van der Waals surface area contributed by atoms with Gasteiger partial charge in [-0.3, -0.25) is 4.79 Å². The highest BCUT2D eigenvalue weighted by Gasteiger charge is 2.25. The molecule has 0 spiro atoms. The van der Waals surface area contributed by atoms with Crippen molar-refractivity contribution < 1.29 is 13.6 Å². The third kappa shape index (κ3) is 2.51.